The number of hydrogen-bond acceptors (Lipinski definition) is 5. The van der Waals surface area contributed by atoms with Crippen molar-refractivity contribution in [1.29, 1.82) is 0 Å². The number of aromatic nitrogens is 2. The molecule has 152 valence electrons. The van der Waals surface area contributed by atoms with Crippen molar-refractivity contribution in [1.82, 2.24) is 24.9 Å². The van der Waals surface area contributed by atoms with E-state index in [0.717, 1.165) is 31.0 Å². The van der Waals surface area contributed by atoms with Gasteiger partial charge in [0.15, 0.2) is 5.96 Å². The Balaban J connectivity index is 2.01. The number of nitrogens with zero attached hydrogens (tertiary/aromatic N) is 5. The zero-order valence-corrected chi connectivity index (χ0v) is 16.8. The molecular weight excluding hydrogens is 348 g/mol. The van der Waals surface area contributed by atoms with Gasteiger partial charge in [0.1, 0.15) is 12.6 Å². The number of aliphatic imine (C=N–C) groups is 1. The van der Waals surface area contributed by atoms with Crippen molar-refractivity contribution >= 4 is 11.9 Å². The summed E-state index contributed by atoms with van der Waals surface area (Å²) < 4.78 is 13.1. The molecule has 0 aromatic carbocycles. The fourth-order valence-electron chi connectivity index (χ4n) is 2.72. The average Bonchev–Trinajstić information content (AvgIpc) is 3.10. The Kier molecular flexibility index (Phi) is 8.53. The minimum Gasteiger partial charge on any atom is -0.382 e. The summed E-state index contributed by atoms with van der Waals surface area (Å²) in [5.74, 6) is 0.708. The van der Waals surface area contributed by atoms with Crippen LogP contribution in [0.3, 0.4) is 0 Å². The van der Waals surface area contributed by atoms with E-state index in [1.165, 1.54) is 0 Å². The third-order valence-electron chi connectivity index (χ3n) is 4.28. The van der Waals surface area contributed by atoms with Crippen LogP contribution in [0.5, 0.6) is 0 Å². The fraction of sp³-hybridized carbons (Fsp3) is 0.722. The second kappa shape index (κ2) is 10.9. The van der Waals surface area contributed by atoms with E-state index in [9.17, 15) is 4.79 Å². The second-order valence-electron chi connectivity index (χ2n) is 6.66. The number of guanidine groups is 1. The third-order valence-corrected chi connectivity index (χ3v) is 4.28. The number of carbonyl (C=O) groups is 1. The molecule has 1 fully saturated rings. The van der Waals surface area contributed by atoms with Gasteiger partial charge in [0.2, 0.25) is 5.91 Å². The van der Waals surface area contributed by atoms with E-state index in [1.54, 1.807) is 23.7 Å². The van der Waals surface area contributed by atoms with Gasteiger partial charge in [0.05, 0.1) is 19.3 Å². The van der Waals surface area contributed by atoms with Gasteiger partial charge >= 0.3 is 0 Å². The highest BCUT2D eigenvalue weighted by Crippen LogP contribution is 2.21. The molecular formula is C18H32N6O3. The third kappa shape index (κ3) is 6.84. The highest BCUT2D eigenvalue weighted by atomic mass is 16.5. The van der Waals surface area contributed by atoms with Gasteiger partial charge in [-0.1, -0.05) is 0 Å². The summed E-state index contributed by atoms with van der Waals surface area (Å²) in [5, 5.41) is 7.60. The van der Waals surface area contributed by atoms with Gasteiger partial charge in [-0.3, -0.25) is 9.48 Å². The number of rotatable bonds is 8. The Bertz CT molecular complexity index is 616. The zero-order chi connectivity index (χ0) is 19.6. The van der Waals surface area contributed by atoms with Crippen molar-refractivity contribution < 1.29 is 14.3 Å². The van der Waals surface area contributed by atoms with Crippen LogP contribution in [0.15, 0.2) is 17.4 Å². The zero-order valence-electron chi connectivity index (χ0n) is 16.8. The normalized spacial score (nSPS) is 17.9. The molecule has 1 aliphatic rings. The summed E-state index contributed by atoms with van der Waals surface area (Å²) in [6, 6.07) is 0. The number of likely N-dealkylation sites (N-methyl/N-ethyl adjacent to an activating group) is 1. The van der Waals surface area contributed by atoms with Gasteiger partial charge in [-0.25, -0.2) is 4.99 Å². The molecule has 0 radical (unpaired) electrons. The number of nitrogens with one attached hydrogen (secondary N) is 1. The number of ether oxygens (including phenoxy) is 2. The molecule has 1 N–H and O–H groups in total. The Morgan fingerprint density at radius 3 is 3.00 bits per heavy atom. The van der Waals surface area contributed by atoms with Crippen LogP contribution in [0.4, 0.5) is 0 Å². The summed E-state index contributed by atoms with van der Waals surface area (Å²) in [7, 11) is 5.37. The molecule has 1 saturated heterocycles. The first-order valence-electron chi connectivity index (χ1n) is 9.42. The van der Waals surface area contributed by atoms with E-state index in [2.05, 4.69) is 20.3 Å². The molecule has 0 bridgehead atoms. The molecule has 2 rings (SSSR count). The van der Waals surface area contributed by atoms with Gasteiger partial charge in [-0.05, 0) is 13.3 Å². The highest BCUT2D eigenvalue weighted by molar-refractivity contribution is 5.85. The van der Waals surface area contributed by atoms with Crippen LogP contribution in [0.2, 0.25) is 0 Å². The van der Waals surface area contributed by atoms with Gasteiger partial charge < -0.3 is 24.6 Å². The first-order valence-corrected chi connectivity index (χ1v) is 9.42. The standard InChI is InChI=1S/C18H32N6O3/c1-5-26-9-6-7-19-18(20-12-17(25)22(2)3)24-8-10-27-16(14-24)15-11-21-23(4)13-15/h11,13,16H,5-10,12,14H2,1-4H3,(H,19,20). The molecule has 1 atom stereocenters. The predicted molar refractivity (Wildman–Crippen MR) is 104 cm³/mol. The summed E-state index contributed by atoms with van der Waals surface area (Å²) in [6.45, 7) is 6.26. The number of hydrogen-bond donors (Lipinski definition) is 1. The van der Waals surface area contributed by atoms with Crippen molar-refractivity contribution in [3.05, 3.63) is 18.0 Å². The topological polar surface area (TPSA) is 84.2 Å². The van der Waals surface area contributed by atoms with Gasteiger partial charge in [0.25, 0.3) is 0 Å². The fourth-order valence-corrected chi connectivity index (χ4v) is 2.72. The molecule has 1 aromatic rings. The van der Waals surface area contributed by atoms with Crippen LogP contribution in [-0.4, -0.2) is 91.5 Å². The van der Waals surface area contributed by atoms with E-state index in [4.69, 9.17) is 9.47 Å². The number of morpholine rings is 1. The van der Waals surface area contributed by atoms with Gasteiger partial charge in [0, 0.05) is 59.2 Å². The van der Waals surface area contributed by atoms with E-state index >= 15 is 0 Å². The Hall–Kier alpha value is -2.13. The molecule has 0 spiro atoms. The van der Waals surface area contributed by atoms with Crippen molar-refractivity contribution in [2.24, 2.45) is 12.0 Å². The van der Waals surface area contributed by atoms with E-state index in [1.807, 2.05) is 26.4 Å². The van der Waals surface area contributed by atoms with E-state index in [0.29, 0.717) is 26.4 Å². The molecule has 27 heavy (non-hydrogen) atoms. The van der Waals surface area contributed by atoms with Crippen molar-refractivity contribution in [2.75, 3.05) is 60.1 Å². The van der Waals surface area contributed by atoms with Crippen molar-refractivity contribution in [3.8, 4) is 0 Å². The molecule has 9 heteroatoms. The van der Waals surface area contributed by atoms with E-state index in [-0.39, 0.29) is 18.6 Å². The molecule has 1 aliphatic heterocycles. The maximum atomic E-state index is 12.0. The molecule has 9 nitrogen and oxygen atoms in total. The van der Waals surface area contributed by atoms with Gasteiger partial charge in [-0.2, -0.15) is 5.10 Å². The quantitative estimate of drug-likeness (QED) is 0.396. The van der Waals surface area contributed by atoms with Crippen LogP contribution in [0.25, 0.3) is 0 Å². The SMILES string of the molecule is CCOCCCNC(=NCC(=O)N(C)C)N1CCOC(c2cnn(C)c2)C1. The number of aryl methyl sites for hydroxylation is 1. The lowest BCUT2D eigenvalue weighted by Crippen LogP contribution is -2.48. The lowest BCUT2D eigenvalue weighted by Gasteiger charge is -2.35. The molecule has 1 unspecified atom stereocenters. The average molecular weight is 380 g/mol. The summed E-state index contributed by atoms with van der Waals surface area (Å²) in [5.41, 5.74) is 1.04. The van der Waals surface area contributed by atoms with Crippen LogP contribution in [0.1, 0.15) is 25.0 Å². The number of amides is 1. The molecule has 2 heterocycles. The molecule has 1 aromatic heterocycles. The Labute approximate surface area is 161 Å². The number of carbonyl (C=O) groups excluding carboxylic acids is 1. The first-order chi connectivity index (χ1) is 13.0. The van der Waals surface area contributed by atoms with Crippen molar-refractivity contribution in [3.63, 3.8) is 0 Å². The van der Waals surface area contributed by atoms with Crippen LogP contribution >= 0.6 is 0 Å². The largest absolute Gasteiger partial charge is 0.382 e. The molecule has 0 aliphatic carbocycles. The monoisotopic (exact) mass is 380 g/mol. The van der Waals surface area contributed by atoms with Crippen LogP contribution in [-0.2, 0) is 21.3 Å². The Morgan fingerprint density at radius 2 is 2.33 bits per heavy atom. The summed E-state index contributed by atoms with van der Waals surface area (Å²) >= 11 is 0. The van der Waals surface area contributed by atoms with Crippen molar-refractivity contribution in [2.45, 2.75) is 19.4 Å². The second-order valence-corrected chi connectivity index (χ2v) is 6.66. The van der Waals surface area contributed by atoms with E-state index < -0.39 is 0 Å². The van der Waals surface area contributed by atoms with Crippen LogP contribution in [0, 0.1) is 0 Å². The Morgan fingerprint density at radius 1 is 1.52 bits per heavy atom. The maximum absolute atomic E-state index is 12.0. The lowest BCUT2D eigenvalue weighted by molar-refractivity contribution is -0.127. The maximum Gasteiger partial charge on any atom is 0.243 e. The smallest absolute Gasteiger partial charge is 0.243 e. The highest BCUT2D eigenvalue weighted by Gasteiger charge is 2.25. The predicted octanol–water partition coefficient (Wildman–Crippen LogP) is 0.254. The van der Waals surface area contributed by atoms with Gasteiger partial charge in [-0.15, -0.1) is 0 Å². The minimum absolute atomic E-state index is 0.0271. The summed E-state index contributed by atoms with van der Waals surface area (Å²) in [4.78, 5) is 20.2. The molecule has 0 saturated carbocycles. The molecule has 1 amide bonds. The van der Waals surface area contributed by atoms with Crippen LogP contribution < -0.4 is 5.32 Å². The first kappa shape index (κ1) is 21.2. The minimum atomic E-state index is -0.0626. The lowest BCUT2D eigenvalue weighted by atomic mass is 10.1. The summed E-state index contributed by atoms with van der Waals surface area (Å²) in [6.07, 6.45) is 4.62.